The van der Waals surface area contributed by atoms with Gasteiger partial charge in [0.2, 0.25) is 0 Å². The van der Waals surface area contributed by atoms with Crippen LogP contribution in [0.2, 0.25) is 5.02 Å². The van der Waals surface area contributed by atoms with Crippen molar-refractivity contribution in [2.24, 2.45) is 0 Å². The SMILES string of the molecule is Cc1cc(Cl)ccc1Oc1ccc(CCl)cc1C. The van der Waals surface area contributed by atoms with E-state index in [1.807, 2.05) is 50.2 Å². The zero-order valence-electron chi connectivity index (χ0n) is 10.3. The Morgan fingerprint density at radius 2 is 1.56 bits per heavy atom. The van der Waals surface area contributed by atoms with Crippen molar-refractivity contribution in [3.8, 4) is 11.5 Å². The minimum absolute atomic E-state index is 0.515. The molecule has 2 aromatic rings. The van der Waals surface area contributed by atoms with E-state index in [9.17, 15) is 0 Å². The zero-order valence-corrected chi connectivity index (χ0v) is 11.8. The lowest BCUT2D eigenvalue weighted by Gasteiger charge is -2.12. The fourth-order valence-electron chi connectivity index (χ4n) is 1.75. The van der Waals surface area contributed by atoms with Gasteiger partial charge in [0.1, 0.15) is 11.5 Å². The number of alkyl halides is 1. The van der Waals surface area contributed by atoms with Gasteiger partial charge in [-0.25, -0.2) is 0 Å². The van der Waals surface area contributed by atoms with Crippen LogP contribution in [-0.2, 0) is 5.88 Å². The molecule has 2 rings (SSSR count). The van der Waals surface area contributed by atoms with Gasteiger partial charge in [-0.3, -0.25) is 0 Å². The maximum absolute atomic E-state index is 5.92. The van der Waals surface area contributed by atoms with Gasteiger partial charge in [-0.2, -0.15) is 0 Å². The summed E-state index contributed by atoms with van der Waals surface area (Å²) in [5, 5.41) is 0.717. The van der Waals surface area contributed by atoms with Crippen molar-refractivity contribution in [3.05, 3.63) is 58.1 Å². The molecule has 0 aliphatic carbocycles. The molecule has 0 aromatic heterocycles. The highest BCUT2D eigenvalue weighted by molar-refractivity contribution is 6.30. The Kier molecular flexibility index (Phi) is 4.15. The minimum Gasteiger partial charge on any atom is -0.457 e. The summed E-state index contributed by atoms with van der Waals surface area (Å²) < 4.78 is 5.89. The molecule has 0 heterocycles. The topological polar surface area (TPSA) is 9.23 Å². The third-order valence-corrected chi connectivity index (χ3v) is 3.29. The van der Waals surface area contributed by atoms with E-state index >= 15 is 0 Å². The van der Waals surface area contributed by atoms with Crippen LogP contribution in [0.4, 0.5) is 0 Å². The molecule has 0 aliphatic heterocycles. The van der Waals surface area contributed by atoms with Crippen molar-refractivity contribution in [1.82, 2.24) is 0 Å². The molecule has 0 atom stereocenters. The molecule has 0 unspecified atom stereocenters. The summed E-state index contributed by atoms with van der Waals surface area (Å²) in [4.78, 5) is 0. The Hall–Kier alpha value is -1.18. The molecule has 0 radical (unpaired) electrons. The van der Waals surface area contributed by atoms with E-state index in [0.29, 0.717) is 10.9 Å². The molecule has 0 N–H and O–H groups in total. The highest BCUT2D eigenvalue weighted by Crippen LogP contribution is 2.29. The summed E-state index contributed by atoms with van der Waals surface area (Å²) >= 11 is 11.7. The number of aryl methyl sites for hydroxylation is 2. The normalized spacial score (nSPS) is 10.4. The molecule has 0 spiro atoms. The maximum Gasteiger partial charge on any atom is 0.130 e. The molecule has 0 fully saturated rings. The molecular weight excluding hydrogens is 267 g/mol. The molecule has 94 valence electrons. The van der Waals surface area contributed by atoms with Gasteiger partial charge in [-0.1, -0.05) is 23.7 Å². The predicted molar refractivity (Wildman–Crippen MR) is 77.0 cm³/mol. The number of hydrogen-bond donors (Lipinski definition) is 0. The Bertz CT molecular complexity index is 564. The van der Waals surface area contributed by atoms with Gasteiger partial charge in [-0.15, -0.1) is 11.6 Å². The number of rotatable bonds is 3. The standard InChI is InChI=1S/C15H14Cl2O/c1-10-7-12(9-16)3-5-14(10)18-15-6-4-13(17)8-11(15)2/h3-8H,9H2,1-2H3. The van der Waals surface area contributed by atoms with Crippen molar-refractivity contribution in [2.75, 3.05) is 0 Å². The maximum atomic E-state index is 5.92. The van der Waals surface area contributed by atoms with Crippen molar-refractivity contribution < 1.29 is 4.74 Å². The van der Waals surface area contributed by atoms with Gasteiger partial charge in [0, 0.05) is 10.9 Å². The van der Waals surface area contributed by atoms with Gasteiger partial charge < -0.3 is 4.74 Å². The summed E-state index contributed by atoms with van der Waals surface area (Å²) in [5.74, 6) is 2.18. The Morgan fingerprint density at radius 3 is 2.11 bits per heavy atom. The van der Waals surface area contributed by atoms with E-state index in [1.165, 1.54) is 0 Å². The highest BCUT2D eigenvalue weighted by Gasteiger charge is 2.05. The summed E-state index contributed by atoms with van der Waals surface area (Å²) in [6.07, 6.45) is 0. The van der Waals surface area contributed by atoms with Crippen LogP contribution < -0.4 is 4.74 Å². The van der Waals surface area contributed by atoms with Gasteiger partial charge in [0.25, 0.3) is 0 Å². The number of benzene rings is 2. The zero-order chi connectivity index (χ0) is 13.1. The lowest BCUT2D eigenvalue weighted by Crippen LogP contribution is -1.91. The number of hydrogen-bond acceptors (Lipinski definition) is 1. The van der Waals surface area contributed by atoms with Crippen LogP contribution in [0.3, 0.4) is 0 Å². The lowest BCUT2D eigenvalue weighted by molar-refractivity contribution is 0.475. The molecule has 0 saturated heterocycles. The van der Waals surface area contributed by atoms with Crippen molar-refractivity contribution in [2.45, 2.75) is 19.7 Å². The fraction of sp³-hybridized carbons (Fsp3) is 0.200. The van der Waals surface area contributed by atoms with Crippen molar-refractivity contribution in [1.29, 1.82) is 0 Å². The van der Waals surface area contributed by atoms with Gasteiger partial charge >= 0.3 is 0 Å². The summed E-state index contributed by atoms with van der Waals surface area (Å²) in [6.45, 7) is 3.99. The van der Waals surface area contributed by atoms with E-state index in [1.54, 1.807) is 0 Å². The first-order valence-electron chi connectivity index (χ1n) is 5.69. The third-order valence-electron chi connectivity index (χ3n) is 2.75. The molecule has 0 bridgehead atoms. The molecule has 0 amide bonds. The molecule has 3 heteroatoms. The third kappa shape index (κ3) is 2.98. The highest BCUT2D eigenvalue weighted by atomic mass is 35.5. The van der Waals surface area contributed by atoms with Gasteiger partial charge in [0.15, 0.2) is 0 Å². The van der Waals surface area contributed by atoms with E-state index < -0.39 is 0 Å². The summed E-state index contributed by atoms with van der Waals surface area (Å²) in [7, 11) is 0. The van der Waals surface area contributed by atoms with Gasteiger partial charge in [-0.05, 0) is 54.8 Å². The Labute approximate surface area is 117 Å². The first kappa shape index (κ1) is 13.3. The lowest BCUT2D eigenvalue weighted by atomic mass is 10.1. The average molecular weight is 281 g/mol. The van der Waals surface area contributed by atoms with E-state index in [4.69, 9.17) is 27.9 Å². The smallest absolute Gasteiger partial charge is 0.130 e. The van der Waals surface area contributed by atoms with Gasteiger partial charge in [0.05, 0.1) is 0 Å². The van der Waals surface area contributed by atoms with Crippen LogP contribution in [0.1, 0.15) is 16.7 Å². The average Bonchev–Trinajstić information content (AvgIpc) is 2.34. The fourth-order valence-corrected chi connectivity index (χ4v) is 2.15. The Morgan fingerprint density at radius 1 is 0.944 bits per heavy atom. The second-order valence-electron chi connectivity index (χ2n) is 4.25. The van der Waals surface area contributed by atoms with E-state index in [2.05, 4.69) is 0 Å². The Balaban J connectivity index is 2.28. The first-order chi connectivity index (χ1) is 8.60. The van der Waals surface area contributed by atoms with Crippen LogP contribution in [0.5, 0.6) is 11.5 Å². The molecule has 18 heavy (non-hydrogen) atoms. The predicted octanol–water partition coefficient (Wildman–Crippen LogP) is 5.49. The number of halogens is 2. The summed E-state index contributed by atoms with van der Waals surface area (Å²) in [5.41, 5.74) is 3.18. The quantitative estimate of drug-likeness (QED) is 0.676. The van der Waals surface area contributed by atoms with E-state index in [-0.39, 0.29) is 0 Å². The monoisotopic (exact) mass is 280 g/mol. The molecule has 1 nitrogen and oxygen atoms in total. The van der Waals surface area contributed by atoms with Crippen LogP contribution in [0.25, 0.3) is 0 Å². The second-order valence-corrected chi connectivity index (χ2v) is 4.95. The minimum atomic E-state index is 0.515. The van der Waals surface area contributed by atoms with Crippen molar-refractivity contribution in [3.63, 3.8) is 0 Å². The van der Waals surface area contributed by atoms with Crippen LogP contribution >= 0.6 is 23.2 Å². The molecule has 2 aromatic carbocycles. The summed E-state index contributed by atoms with van der Waals surface area (Å²) in [6, 6.07) is 11.5. The largest absolute Gasteiger partial charge is 0.457 e. The molecule has 0 saturated carbocycles. The van der Waals surface area contributed by atoms with Crippen LogP contribution in [-0.4, -0.2) is 0 Å². The van der Waals surface area contributed by atoms with Crippen molar-refractivity contribution >= 4 is 23.2 Å². The molecule has 0 aliphatic rings. The van der Waals surface area contributed by atoms with Crippen LogP contribution in [0.15, 0.2) is 36.4 Å². The van der Waals surface area contributed by atoms with E-state index in [0.717, 1.165) is 28.2 Å². The molecular formula is C15H14Cl2O. The number of ether oxygens (including phenoxy) is 1. The van der Waals surface area contributed by atoms with Crippen LogP contribution in [0, 0.1) is 13.8 Å². The second kappa shape index (κ2) is 5.64. The first-order valence-corrected chi connectivity index (χ1v) is 6.61.